The van der Waals surface area contributed by atoms with E-state index in [1.165, 1.54) is 23.5 Å². The molecule has 2 aromatic rings. The van der Waals surface area contributed by atoms with E-state index in [0.717, 1.165) is 4.88 Å². The van der Waals surface area contributed by atoms with Crippen molar-refractivity contribution in [3.63, 3.8) is 0 Å². The van der Waals surface area contributed by atoms with E-state index in [-0.39, 0.29) is 6.61 Å². The van der Waals surface area contributed by atoms with E-state index in [0.29, 0.717) is 22.3 Å². The van der Waals surface area contributed by atoms with E-state index in [4.69, 9.17) is 27.9 Å². The Kier molecular flexibility index (Phi) is 6.06. The first-order valence-corrected chi connectivity index (χ1v) is 7.85. The van der Waals surface area contributed by atoms with Gasteiger partial charge in [-0.25, -0.2) is 4.79 Å². The number of carbonyl (C=O) groups excluding carboxylic acids is 2. The van der Waals surface area contributed by atoms with Gasteiger partial charge in [0.15, 0.2) is 6.61 Å². The van der Waals surface area contributed by atoms with Gasteiger partial charge in [-0.3, -0.25) is 10.1 Å². The van der Waals surface area contributed by atoms with Crippen LogP contribution in [0.25, 0.3) is 0 Å². The Balaban J connectivity index is 1.74. The van der Waals surface area contributed by atoms with Gasteiger partial charge in [-0.1, -0.05) is 29.3 Å². The summed E-state index contributed by atoms with van der Waals surface area (Å²) < 4.78 is 5.22. The number of thiophene rings is 1. The number of carbonyl (C=O) groups is 2. The smallest absolute Gasteiger partial charge is 0.321 e. The third-order valence-corrected chi connectivity index (χ3v) is 3.78. The minimum atomic E-state index is -0.578. The minimum Gasteiger partial charge on any atom is -0.484 e. The maximum atomic E-state index is 11.6. The number of nitrogens with one attached hydrogen (secondary N) is 2. The van der Waals surface area contributed by atoms with E-state index < -0.39 is 11.9 Å². The number of imide groups is 1. The van der Waals surface area contributed by atoms with Gasteiger partial charge in [-0.05, 0) is 29.6 Å². The summed E-state index contributed by atoms with van der Waals surface area (Å²) in [6, 6.07) is 7.79. The Hall–Kier alpha value is -1.76. The highest BCUT2D eigenvalue weighted by atomic mass is 35.5. The fraction of sp³-hybridized carbons (Fsp3) is 0.143. The number of hydrogen-bond acceptors (Lipinski definition) is 4. The van der Waals surface area contributed by atoms with Crippen LogP contribution in [-0.4, -0.2) is 18.5 Å². The SMILES string of the molecule is O=C(COc1cc(Cl)cc(Cl)c1)NC(=O)NCc1cccs1. The summed E-state index contributed by atoms with van der Waals surface area (Å²) >= 11 is 13.1. The molecule has 0 spiro atoms. The van der Waals surface area contributed by atoms with Crippen molar-refractivity contribution in [1.29, 1.82) is 0 Å². The number of halogens is 2. The Labute approximate surface area is 141 Å². The van der Waals surface area contributed by atoms with E-state index in [1.807, 2.05) is 17.5 Å². The molecular weight excluding hydrogens is 347 g/mol. The zero-order valence-electron chi connectivity index (χ0n) is 11.3. The molecule has 0 unspecified atom stereocenters. The maximum absolute atomic E-state index is 11.6. The second kappa shape index (κ2) is 8.03. The normalized spacial score (nSPS) is 10.1. The molecular formula is C14H12Cl2N2O3S. The predicted molar refractivity (Wildman–Crippen MR) is 86.7 cm³/mol. The molecule has 0 radical (unpaired) electrons. The molecule has 2 rings (SSSR count). The third-order valence-electron chi connectivity index (χ3n) is 2.46. The molecule has 1 aromatic carbocycles. The minimum absolute atomic E-state index is 0.316. The van der Waals surface area contributed by atoms with Crippen LogP contribution in [0.1, 0.15) is 4.88 Å². The van der Waals surface area contributed by atoms with Gasteiger partial charge in [-0.15, -0.1) is 11.3 Å². The van der Waals surface area contributed by atoms with Gasteiger partial charge in [0, 0.05) is 14.9 Å². The molecule has 5 nitrogen and oxygen atoms in total. The van der Waals surface area contributed by atoms with Crippen LogP contribution in [0.3, 0.4) is 0 Å². The van der Waals surface area contributed by atoms with Crippen LogP contribution in [0, 0.1) is 0 Å². The van der Waals surface area contributed by atoms with E-state index >= 15 is 0 Å². The lowest BCUT2D eigenvalue weighted by Crippen LogP contribution is -2.41. The Morgan fingerprint density at radius 2 is 1.91 bits per heavy atom. The van der Waals surface area contributed by atoms with Crippen LogP contribution in [0.5, 0.6) is 5.75 Å². The van der Waals surface area contributed by atoms with Crippen LogP contribution in [-0.2, 0) is 11.3 Å². The average Bonchev–Trinajstić information content (AvgIpc) is 2.95. The van der Waals surface area contributed by atoms with E-state index in [1.54, 1.807) is 6.07 Å². The van der Waals surface area contributed by atoms with Gasteiger partial charge < -0.3 is 10.1 Å². The van der Waals surface area contributed by atoms with Crippen molar-refractivity contribution in [2.75, 3.05) is 6.61 Å². The fourth-order valence-electron chi connectivity index (χ4n) is 1.55. The molecule has 1 aromatic heterocycles. The summed E-state index contributed by atoms with van der Waals surface area (Å²) in [4.78, 5) is 24.1. The van der Waals surface area contributed by atoms with Gasteiger partial charge in [0.1, 0.15) is 5.75 Å². The molecule has 0 aliphatic carbocycles. The molecule has 0 bridgehead atoms. The molecule has 2 N–H and O–H groups in total. The zero-order chi connectivity index (χ0) is 15.9. The second-order valence-corrected chi connectivity index (χ2v) is 6.11. The number of amides is 3. The summed E-state index contributed by atoms with van der Waals surface area (Å²) in [6.07, 6.45) is 0. The standard InChI is InChI=1S/C14H12Cl2N2O3S/c15-9-4-10(16)6-11(5-9)21-8-13(19)18-14(20)17-7-12-2-1-3-22-12/h1-6H,7-8H2,(H2,17,18,19,20). The first kappa shape index (κ1) is 16.6. The van der Waals surface area contributed by atoms with Gasteiger partial charge in [0.25, 0.3) is 5.91 Å². The first-order valence-electron chi connectivity index (χ1n) is 6.22. The molecule has 116 valence electrons. The molecule has 0 aliphatic heterocycles. The van der Waals surface area contributed by atoms with Gasteiger partial charge in [0.05, 0.1) is 6.54 Å². The molecule has 22 heavy (non-hydrogen) atoms. The van der Waals surface area contributed by atoms with Crippen LogP contribution in [0.2, 0.25) is 10.0 Å². The van der Waals surface area contributed by atoms with Crippen LogP contribution >= 0.6 is 34.5 Å². The van der Waals surface area contributed by atoms with Crippen molar-refractivity contribution in [2.45, 2.75) is 6.54 Å². The molecule has 0 saturated heterocycles. The van der Waals surface area contributed by atoms with Gasteiger partial charge in [0.2, 0.25) is 0 Å². The van der Waals surface area contributed by atoms with E-state index in [9.17, 15) is 9.59 Å². The highest BCUT2D eigenvalue weighted by molar-refractivity contribution is 7.09. The lowest BCUT2D eigenvalue weighted by Gasteiger charge is -2.08. The lowest BCUT2D eigenvalue weighted by atomic mass is 10.3. The molecule has 0 atom stereocenters. The molecule has 3 amide bonds. The van der Waals surface area contributed by atoms with Gasteiger partial charge >= 0.3 is 6.03 Å². The summed E-state index contributed by atoms with van der Waals surface area (Å²) in [6.45, 7) is 0.0463. The Bertz CT molecular complexity index is 642. The van der Waals surface area contributed by atoms with Crippen LogP contribution < -0.4 is 15.4 Å². The lowest BCUT2D eigenvalue weighted by molar-refractivity contribution is -0.122. The van der Waals surface area contributed by atoms with Crippen LogP contribution in [0.4, 0.5) is 4.79 Å². The molecule has 0 fully saturated rings. The van der Waals surface area contributed by atoms with E-state index in [2.05, 4.69) is 10.6 Å². The average molecular weight is 359 g/mol. The number of rotatable bonds is 5. The number of hydrogen-bond donors (Lipinski definition) is 2. The summed E-state index contributed by atoms with van der Waals surface area (Å²) in [5, 5.41) is 7.45. The second-order valence-electron chi connectivity index (χ2n) is 4.20. The number of ether oxygens (including phenoxy) is 1. The van der Waals surface area contributed by atoms with Crippen molar-refractivity contribution < 1.29 is 14.3 Å². The molecule has 1 heterocycles. The highest BCUT2D eigenvalue weighted by Gasteiger charge is 2.09. The Morgan fingerprint density at radius 1 is 1.18 bits per heavy atom. The Morgan fingerprint density at radius 3 is 2.55 bits per heavy atom. The first-order chi connectivity index (χ1) is 10.5. The fourth-order valence-corrected chi connectivity index (χ4v) is 2.70. The van der Waals surface area contributed by atoms with Crippen molar-refractivity contribution in [1.82, 2.24) is 10.6 Å². The summed E-state index contributed by atoms with van der Waals surface area (Å²) in [7, 11) is 0. The highest BCUT2D eigenvalue weighted by Crippen LogP contribution is 2.23. The van der Waals surface area contributed by atoms with Crippen molar-refractivity contribution in [3.05, 3.63) is 50.6 Å². The zero-order valence-corrected chi connectivity index (χ0v) is 13.6. The molecule has 0 aliphatic rings. The van der Waals surface area contributed by atoms with Crippen molar-refractivity contribution >= 4 is 46.5 Å². The topological polar surface area (TPSA) is 67.4 Å². The number of benzene rings is 1. The molecule has 0 saturated carbocycles. The van der Waals surface area contributed by atoms with Gasteiger partial charge in [-0.2, -0.15) is 0 Å². The number of urea groups is 1. The monoisotopic (exact) mass is 358 g/mol. The summed E-state index contributed by atoms with van der Waals surface area (Å²) in [5.41, 5.74) is 0. The molecule has 8 heteroatoms. The predicted octanol–water partition coefficient (Wildman–Crippen LogP) is 3.46. The van der Waals surface area contributed by atoms with Crippen molar-refractivity contribution in [2.24, 2.45) is 0 Å². The van der Waals surface area contributed by atoms with Crippen LogP contribution in [0.15, 0.2) is 35.7 Å². The maximum Gasteiger partial charge on any atom is 0.321 e. The third kappa shape index (κ3) is 5.55. The largest absolute Gasteiger partial charge is 0.484 e. The van der Waals surface area contributed by atoms with Crippen molar-refractivity contribution in [3.8, 4) is 5.75 Å². The summed E-state index contributed by atoms with van der Waals surface area (Å²) in [5.74, 6) is -0.216. The quantitative estimate of drug-likeness (QED) is 0.859.